The highest BCUT2D eigenvalue weighted by Crippen LogP contribution is 2.36. The van der Waals surface area contributed by atoms with Crippen LogP contribution in [0.5, 0.6) is 0 Å². The van der Waals surface area contributed by atoms with Crippen LogP contribution in [0.1, 0.15) is 12.0 Å². The first-order valence-electron chi connectivity index (χ1n) is 7.05. The van der Waals surface area contributed by atoms with E-state index in [0.717, 1.165) is 6.07 Å². The maximum absolute atomic E-state index is 13.2. The van der Waals surface area contributed by atoms with Gasteiger partial charge >= 0.3 is 12.3 Å². The molecule has 2 aromatic rings. The van der Waals surface area contributed by atoms with Crippen LogP contribution in [0.2, 0.25) is 0 Å². The number of hydrogen-bond donors (Lipinski definition) is 2. The highest BCUT2D eigenvalue weighted by molar-refractivity contribution is 5.86. The lowest BCUT2D eigenvalue weighted by molar-refractivity contribution is -0.136. The summed E-state index contributed by atoms with van der Waals surface area (Å²) >= 11 is 0. The van der Waals surface area contributed by atoms with Crippen molar-refractivity contribution in [1.82, 2.24) is 9.88 Å². The number of benzene rings is 1. The lowest BCUT2D eigenvalue weighted by Crippen LogP contribution is -2.30. The molecule has 8 heteroatoms. The molecule has 0 spiro atoms. The molecular weight excluding hydrogens is 311 g/mol. The van der Waals surface area contributed by atoms with Gasteiger partial charge < -0.3 is 15.3 Å². The predicted octanol–water partition coefficient (Wildman–Crippen LogP) is 3.42. The van der Waals surface area contributed by atoms with Crippen LogP contribution < -0.4 is 5.32 Å². The molecule has 1 atom stereocenters. The summed E-state index contributed by atoms with van der Waals surface area (Å²) in [5.41, 5.74) is -0.578. The van der Waals surface area contributed by atoms with Gasteiger partial charge in [0, 0.05) is 36.4 Å². The van der Waals surface area contributed by atoms with Crippen molar-refractivity contribution >= 4 is 22.7 Å². The Morgan fingerprint density at radius 2 is 2.17 bits per heavy atom. The van der Waals surface area contributed by atoms with E-state index >= 15 is 0 Å². The van der Waals surface area contributed by atoms with Crippen molar-refractivity contribution in [2.24, 2.45) is 0 Å². The molecule has 122 valence electrons. The van der Waals surface area contributed by atoms with E-state index in [4.69, 9.17) is 5.11 Å². The van der Waals surface area contributed by atoms with Gasteiger partial charge in [-0.1, -0.05) is 6.07 Å². The van der Waals surface area contributed by atoms with Gasteiger partial charge in [-0.15, -0.1) is 0 Å². The van der Waals surface area contributed by atoms with Crippen LogP contribution in [-0.4, -0.2) is 40.2 Å². The van der Waals surface area contributed by atoms with Gasteiger partial charge in [0.05, 0.1) is 11.1 Å². The number of nitrogens with zero attached hydrogens (tertiary/aromatic N) is 2. The predicted molar refractivity (Wildman–Crippen MR) is 78.4 cm³/mol. The second-order valence-electron chi connectivity index (χ2n) is 5.46. The van der Waals surface area contributed by atoms with Crippen LogP contribution in [0.3, 0.4) is 0 Å². The number of halogens is 3. The first-order chi connectivity index (χ1) is 10.8. The molecule has 1 fully saturated rings. The fourth-order valence-corrected chi connectivity index (χ4v) is 2.78. The second-order valence-corrected chi connectivity index (χ2v) is 5.46. The lowest BCUT2D eigenvalue weighted by atomic mass is 10.1. The summed E-state index contributed by atoms with van der Waals surface area (Å²) < 4.78 is 39.7. The summed E-state index contributed by atoms with van der Waals surface area (Å²) in [5, 5.41) is 12.3. The van der Waals surface area contributed by atoms with Gasteiger partial charge in [0.25, 0.3) is 0 Å². The van der Waals surface area contributed by atoms with Crippen molar-refractivity contribution in [2.75, 3.05) is 18.4 Å². The van der Waals surface area contributed by atoms with E-state index in [-0.39, 0.29) is 18.1 Å². The SMILES string of the molecule is O=C(O)N1CC[C@@H](Nc2cc(C(F)(F)F)c3ncccc3c2)C1. The Morgan fingerprint density at radius 1 is 1.39 bits per heavy atom. The number of pyridine rings is 1. The van der Waals surface area contributed by atoms with Crippen molar-refractivity contribution < 1.29 is 23.1 Å². The normalized spacial score (nSPS) is 18.4. The molecule has 0 aliphatic carbocycles. The summed E-state index contributed by atoms with van der Waals surface area (Å²) in [5.74, 6) is 0. The molecule has 0 saturated carbocycles. The number of amides is 1. The van der Waals surface area contributed by atoms with Gasteiger partial charge in [-0.05, 0) is 24.6 Å². The maximum atomic E-state index is 13.2. The number of aromatic nitrogens is 1. The van der Waals surface area contributed by atoms with E-state index in [0.29, 0.717) is 24.0 Å². The molecule has 1 aromatic carbocycles. The Kier molecular flexibility index (Phi) is 3.75. The monoisotopic (exact) mass is 325 g/mol. The summed E-state index contributed by atoms with van der Waals surface area (Å²) in [6, 6.07) is 5.57. The molecule has 3 rings (SSSR count). The molecule has 0 unspecified atom stereocenters. The van der Waals surface area contributed by atoms with Crippen molar-refractivity contribution in [1.29, 1.82) is 0 Å². The molecule has 5 nitrogen and oxygen atoms in total. The molecule has 23 heavy (non-hydrogen) atoms. The van der Waals surface area contributed by atoms with E-state index in [2.05, 4.69) is 10.3 Å². The highest BCUT2D eigenvalue weighted by Gasteiger charge is 2.34. The van der Waals surface area contributed by atoms with Gasteiger partial charge in [0.15, 0.2) is 0 Å². The Morgan fingerprint density at radius 3 is 2.83 bits per heavy atom. The summed E-state index contributed by atoms with van der Waals surface area (Å²) in [6.07, 6.45) is -3.65. The number of fused-ring (bicyclic) bond motifs is 1. The van der Waals surface area contributed by atoms with Crippen LogP contribution in [0.4, 0.5) is 23.7 Å². The topological polar surface area (TPSA) is 65.5 Å². The minimum Gasteiger partial charge on any atom is -0.465 e. The molecule has 1 aromatic heterocycles. The smallest absolute Gasteiger partial charge is 0.418 e. The van der Waals surface area contributed by atoms with Gasteiger partial charge in [-0.2, -0.15) is 13.2 Å². The lowest BCUT2D eigenvalue weighted by Gasteiger charge is -2.17. The van der Waals surface area contributed by atoms with Crippen LogP contribution in [-0.2, 0) is 6.18 Å². The Hall–Kier alpha value is -2.51. The number of carboxylic acid groups (broad SMARTS) is 1. The number of carbonyl (C=O) groups is 1. The summed E-state index contributed by atoms with van der Waals surface area (Å²) in [6.45, 7) is 0.621. The summed E-state index contributed by atoms with van der Waals surface area (Å²) in [4.78, 5) is 16.0. The highest BCUT2D eigenvalue weighted by atomic mass is 19.4. The Balaban J connectivity index is 1.91. The zero-order valence-electron chi connectivity index (χ0n) is 12.0. The third-order valence-corrected chi connectivity index (χ3v) is 3.84. The molecular formula is C15H14F3N3O2. The molecule has 2 heterocycles. The van der Waals surface area contributed by atoms with E-state index in [1.807, 2.05) is 0 Å². The van der Waals surface area contributed by atoms with Crippen molar-refractivity contribution in [3.05, 3.63) is 36.0 Å². The molecule has 0 radical (unpaired) electrons. The van der Waals surface area contributed by atoms with E-state index < -0.39 is 17.8 Å². The third-order valence-electron chi connectivity index (χ3n) is 3.84. The van der Waals surface area contributed by atoms with E-state index in [1.54, 1.807) is 18.2 Å². The van der Waals surface area contributed by atoms with Crippen LogP contribution in [0.25, 0.3) is 10.9 Å². The van der Waals surface area contributed by atoms with Gasteiger partial charge in [-0.25, -0.2) is 4.79 Å². The summed E-state index contributed by atoms with van der Waals surface area (Å²) in [7, 11) is 0. The standard InChI is InChI=1S/C15H14F3N3O2/c16-15(17,18)12-7-11(6-9-2-1-4-19-13(9)12)20-10-3-5-21(8-10)14(22)23/h1-2,4,6-7,10,20H,3,5,8H2,(H,22,23)/t10-/m1/s1. The largest absolute Gasteiger partial charge is 0.465 e. The van der Waals surface area contributed by atoms with E-state index in [9.17, 15) is 18.0 Å². The molecule has 1 aliphatic heterocycles. The second kappa shape index (κ2) is 5.60. The first kappa shape index (κ1) is 15.4. The van der Waals surface area contributed by atoms with Gasteiger partial charge in [0.2, 0.25) is 0 Å². The molecule has 0 bridgehead atoms. The average Bonchev–Trinajstić information content (AvgIpc) is 2.94. The number of likely N-dealkylation sites (tertiary alicyclic amines) is 1. The zero-order valence-corrected chi connectivity index (χ0v) is 12.0. The van der Waals surface area contributed by atoms with Crippen molar-refractivity contribution in [3.8, 4) is 0 Å². The molecule has 1 amide bonds. The number of alkyl halides is 3. The number of rotatable bonds is 2. The number of nitrogens with one attached hydrogen (secondary N) is 1. The van der Waals surface area contributed by atoms with Gasteiger partial charge in [-0.3, -0.25) is 4.98 Å². The fraction of sp³-hybridized carbons (Fsp3) is 0.333. The maximum Gasteiger partial charge on any atom is 0.418 e. The zero-order chi connectivity index (χ0) is 16.6. The van der Waals surface area contributed by atoms with Crippen LogP contribution in [0.15, 0.2) is 30.5 Å². The third kappa shape index (κ3) is 3.15. The first-order valence-corrected chi connectivity index (χ1v) is 7.05. The van der Waals surface area contributed by atoms with Crippen LogP contribution >= 0.6 is 0 Å². The van der Waals surface area contributed by atoms with Crippen molar-refractivity contribution in [2.45, 2.75) is 18.6 Å². The Labute approximate surface area is 129 Å². The number of hydrogen-bond acceptors (Lipinski definition) is 3. The minimum atomic E-state index is -4.51. The molecule has 1 saturated heterocycles. The average molecular weight is 325 g/mol. The minimum absolute atomic E-state index is 0.0934. The quantitative estimate of drug-likeness (QED) is 0.888. The van der Waals surface area contributed by atoms with Gasteiger partial charge in [0.1, 0.15) is 0 Å². The van der Waals surface area contributed by atoms with E-state index in [1.165, 1.54) is 11.1 Å². The Bertz CT molecular complexity index is 748. The van der Waals surface area contributed by atoms with Crippen molar-refractivity contribution in [3.63, 3.8) is 0 Å². The fourth-order valence-electron chi connectivity index (χ4n) is 2.78. The number of anilines is 1. The molecule has 2 N–H and O–H groups in total. The molecule has 1 aliphatic rings. The van der Waals surface area contributed by atoms with Crippen LogP contribution in [0, 0.1) is 0 Å².